The lowest BCUT2D eigenvalue weighted by molar-refractivity contribution is -0.117. The molecule has 2 aromatic carbocycles. The van der Waals surface area contributed by atoms with Gasteiger partial charge in [-0.05, 0) is 79.7 Å². The Kier molecular flexibility index (Phi) is 11.8. The number of nitrogens with one attached hydrogen (secondary N) is 2. The van der Waals surface area contributed by atoms with E-state index in [1.54, 1.807) is 0 Å². The lowest BCUT2D eigenvalue weighted by Crippen LogP contribution is -2.38. The van der Waals surface area contributed by atoms with Crippen molar-refractivity contribution in [3.05, 3.63) is 59.7 Å². The van der Waals surface area contributed by atoms with E-state index < -0.39 is 0 Å². The fraction of sp³-hybridized carbons (Fsp3) is 0.600. The molecule has 7 nitrogen and oxygen atoms in total. The van der Waals surface area contributed by atoms with Crippen LogP contribution in [0.2, 0.25) is 0 Å². The van der Waals surface area contributed by atoms with E-state index in [-0.39, 0.29) is 23.1 Å². The zero-order chi connectivity index (χ0) is 30.0. The smallest absolute Gasteiger partial charge is 0.253 e. The Morgan fingerprint density at radius 2 is 1.71 bits per heavy atom. The highest BCUT2D eigenvalue weighted by molar-refractivity contribution is 6.02. The number of hydrogen-bond acceptors (Lipinski definition) is 5. The molecule has 2 aromatic rings. The lowest BCUT2D eigenvalue weighted by atomic mass is 9.84. The van der Waals surface area contributed by atoms with E-state index in [0.29, 0.717) is 30.1 Å². The Balaban J connectivity index is 1.40. The molecule has 42 heavy (non-hydrogen) atoms. The number of morpholine rings is 1. The Hall–Kier alpha value is -2.90. The van der Waals surface area contributed by atoms with Crippen LogP contribution in [0.1, 0.15) is 75.7 Å². The number of ether oxygens (including phenoxy) is 1. The van der Waals surface area contributed by atoms with Crippen molar-refractivity contribution in [2.24, 2.45) is 17.3 Å². The summed E-state index contributed by atoms with van der Waals surface area (Å²) in [5.41, 5.74) is 3.86. The number of nitrogens with zero attached hydrogens (tertiary/aromatic N) is 2. The number of piperidine rings is 1. The standard InChI is InChI=1S/C35H52N4O3/c1-27(26-35(2,3)4)23-33(40)37-30-11-12-32(39-17-13-29(14-18-39)24-28-9-6-5-7-10-28)31(25-30)34(41)36-15-8-16-38-19-21-42-22-20-38/h5-7,9-12,25,27,29H,8,13-24,26H2,1-4H3,(H,36,41)(H,37,40). The predicted octanol–water partition coefficient (Wildman–Crippen LogP) is 6.00. The number of hydrogen-bond donors (Lipinski definition) is 2. The maximum absolute atomic E-state index is 13.6. The second-order valence-electron chi connectivity index (χ2n) is 13.5. The molecule has 1 unspecified atom stereocenters. The molecule has 0 aromatic heterocycles. The molecule has 0 radical (unpaired) electrons. The Labute approximate surface area is 253 Å². The van der Waals surface area contributed by atoms with E-state index in [1.807, 2.05) is 18.2 Å². The predicted molar refractivity (Wildman–Crippen MR) is 172 cm³/mol. The van der Waals surface area contributed by atoms with Gasteiger partial charge in [-0.3, -0.25) is 14.5 Å². The van der Waals surface area contributed by atoms with E-state index in [9.17, 15) is 9.59 Å². The molecule has 0 bridgehead atoms. The van der Waals surface area contributed by atoms with Gasteiger partial charge in [0, 0.05) is 50.5 Å². The van der Waals surface area contributed by atoms with Gasteiger partial charge < -0.3 is 20.3 Å². The van der Waals surface area contributed by atoms with Crippen LogP contribution >= 0.6 is 0 Å². The summed E-state index contributed by atoms with van der Waals surface area (Å²) in [4.78, 5) is 31.2. The monoisotopic (exact) mass is 576 g/mol. The normalized spacial score (nSPS) is 17.6. The summed E-state index contributed by atoms with van der Waals surface area (Å²) in [7, 11) is 0. The van der Waals surface area contributed by atoms with E-state index >= 15 is 0 Å². The Morgan fingerprint density at radius 3 is 2.40 bits per heavy atom. The maximum Gasteiger partial charge on any atom is 0.253 e. The molecule has 1 atom stereocenters. The molecule has 2 N–H and O–H groups in total. The fourth-order valence-electron chi connectivity index (χ4n) is 6.47. The van der Waals surface area contributed by atoms with Crippen molar-refractivity contribution < 1.29 is 14.3 Å². The van der Waals surface area contributed by atoms with Gasteiger partial charge in [-0.25, -0.2) is 0 Å². The summed E-state index contributed by atoms with van der Waals surface area (Å²) < 4.78 is 5.44. The molecule has 2 fully saturated rings. The van der Waals surface area contributed by atoms with Gasteiger partial charge in [0.1, 0.15) is 0 Å². The van der Waals surface area contributed by atoms with Crippen LogP contribution in [-0.4, -0.2) is 69.2 Å². The number of rotatable bonds is 12. The topological polar surface area (TPSA) is 73.9 Å². The summed E-state index contributed by atoms with van der Waals surface area (Å²) in [6.07, 6.45) is 5.64. The van der Waals surface area contributed by atoms with Crippen molar-refractivity contribution in [1.29, 1.82) is 0 Å². The van der Waals surface area contributed by atoms with Gasteiger partial charge in [0.05, 0.1) is 18.8 Å². The maximum atomic E-state index is 13.6. The SMILES string of the molecule is CC(CC(=O)Nc1ccc(N2CCC(Cc3ccccc3)CC2)c(C(=O)NCCCN2CCOCC2)c1)CC(C)(C)C. The molecule has 230 valence electrons. The second kappa shape index (κ2) is 15.5. The lowest BCUT2D eigenvalue weighted by Gasteiger charge is -2.35. The van der Waals surface area contributed by atoms with Crippen LogP contribution in [0.4, 0.5) is 11.4 Å². The van der Waals surface area contributed by atoms with Gasteiger partial charge in [0.25, 0.3) is 5.91 Å². The third kappa shape index (κ3) is 10.4. The second-order valence-corrected chi connectivity index (χ2v) is 13.5. The molecule has 4 rings (SSSR count). The average molecular weight is 577 g/mol. The molecular formula is C35H52N4O3. The van der Waals surface area contributed by atoms with Crippen molar-refractivity contribution in [3.63, 3.8) is 0 Å². The van der Waals surface area contributed by atoms with Crippen molar-refractivity contribution in [1.82, 2.24) is 10.2 Å². The number of carbonyl (C=O) groups is 2. The fourth-order valence-corrected chi connectivity index (χ4v) is 6.47. The highest BCUT2D eigenvalue weighted by Crippen LogP contribution is 2.31. The van der Waals surface area contributed by atoms with Gasteiger partial charge >= 0.3 is 0 Å². The van der Waals surface area contributed by atoms with Gasteiger partial charge in [0.15, 0.2) is 0 Å². The summed E-state index contributed by atoms with van der Waals surface area (Å²) in [6.45, 7) is 15.6. The molecular weight excluding hydrogens is 524 g/mol. The van der Waals surface area contributed by atoms with Crippen LogP contribution in [0, 0.1) is 17.3 Å². The largest absolute Gasteiger partial charge is 0.379 e. The highest BCUT2D eigenvalue weighted by atomic mass is 16.5. The number of benzene rings is 2. The van der Waals surface area contributed by atoms with Crippen molar-refractivity contribution in [2.45, 2.75) is 66.2 Å². The molecule has 2 aliphatic rings. The van der Waals surface area contributed by atoms with Gasteiger partial charge in [0.2, 0.25) is 5.91 Å². The summed E-state index contributed by atoms with van der Waals surface area (Å²) in [5.74, 6) is 0.860. The first-order valence-electron chi connectivity index (χ1n) is 16.0. The molecule has 2 amide bonds. The van der Waals surface area contributed by atoms with Crippen LogP contribution in [0.3, 0.4) is 0 Å². The van der Waals surface area contributed by atoms with Crippen LogP contribution in [-0.2, 0) is 16.0 Å². The summed E-state index contributed by atoms with van der Waals surface area (Å²) >= 11 is 0. The van der Waals surface area contributed by atoms with E-state index in [2.05, 4.69) is 78.5 Å². The number of amides is 2. The zero-order valence-electron chi connectivity index (χ0n) is 26.3. The van der Waals surface area contributed by atoms with E-state index in [4.69, 9.17) is 4.74 Å². The first-order valence-corrected chi connectivity index (χ1v) is 16.0. The highest BCUT2D eigenvalue weighted by Gasteiger charge is 2.24. The Bertz CT molecular complexity index is 1130. The van der Waals surface area contributed by atoms with Crippen LogP contribution in [0.15, 0.2) is 48.5 Å². The first kappa shape index (κ1) is 32.0. The molecule has 0 spiro atoms. The Morgan fingerprint density at radius 1 is 1.00 bits per heavy atom. The van der Waals surface area contributed by atoms with Gasteiger partial charge in [-0.1, -0.05) is 58.0 Å². The zero-order valence-corrected chi connectivity index (χ0v) is 26.3. The molecule has 7 heteroatoms. The minimum atomic E-state index is -0.0735. The van der Waals surface area contributed by atoms with E-state index in [0.717, 1.165) is 83.7 Å². The molecule has 2 heterocycles. The summed E-state index contributed by atoms with van der Waals surface area (Å²) in [5, 5.41) is 6.23. The van der Waals surface area contributed by atoms with Gasteiger partial charge in [-0.15, -0.1) is 0 Å². The number of anilines is 2. The molecule has 0 saturated carbocycles. The quantitative estimate of drug-likeness (QED) is 0.303. The molecule has 2 aliphatic heterocycles. The number of carbonyl (C=O) groups excluding carboxylic acids is 2. The first-order chi connectivity index (χ1) is 20.2. The van der Waals surface area contributed by atoms with Crippen molar-refractivity contribution in [3.8, 4) is 0 Å². The minimum Gasteiger partial charge on any atom is -0.379 e. The summed E-state index contributed by atoms with van der Waals surface area (Å²) in [6, 6.07) is 16.6. The average Bonchev–Trinajstić information content (AvgIpc) is 2.95. The van der Waals surface area contributed by atoms with Gasteiger partial charge in [-0.2, -0.15) is 0 Å². The van der Waals surface area contributed by atoms with Crippen LogP contribution < -0.4 is 15.5 Å². The molecule has 0 aliphatic carbocycles. The third-order valence-electron chi connectivity index (χ3n) is 8.38. The van der Waals surface area contributed by atoms with Crippen molar-refractivity contribution >= 4 is 23.2 Å². The third-order valence-corrected chi connectivity index (χ3v) is 8.38. The molecule has 2 saturated heterocycles. The minimum absolute atomic E-state index is 0.00176. The van der Waals surface area contributed by atoms with Crippen LogP contribution in [0.5, 0.6) is 0 Å². The van der Waals surface area contributed by atoms with Crippen LogP contribution in [0.25, 0.3) is 0 Å². The van der Waals surface area contributed by atoms with E-state index in [1.165, 1.54) is 5.56 Å². The van der Waals surface area contributed by atoms with Crippen molar-refractivity contribution in [2.75, 3.05) is 62.7 Å².